The molecule has 1 N–H and O–H groups in total. The number of carbonyl (C=O) groups is 1. The molecule has 7 heteroatoms. The smallest absolute Gasteiger partial charge is 0.234 e. The maximum Gasteiger partial charge on any atom is 0.234 e. The molecule has 0 spiro atoms. The van der Waals surface area contributed by atoms with Crippen LogP contribution in [-0.2, 0) is 4.79 Å². The van der Waals surface area contributed by atoms with Crippen LogP contribution in [0.1, 0.15) is 25.7 Å². The maximum atomic E-state index is 12.3. The minimum Gasteiger partial charge on any atom is -0.486 e. The first-order chi connectivity index (χ1) is 13.1. The zero-order valence-electron chi connectivity index (χ0n) is 15.2. The fourth-order valence-corrected chi connectivity index (χ4v) is 3.45. The predicted octanol–water partition coefficient (Wildman–Crippen LogP) is 4.45. The summed E-state index contributed by atoms with van der Waals surface area (Å²) in [5, 5.41) is 2.91. The largest absolute Gasteiger partial charge is 0.486 e. The molecule has 6 nitrogen and oxygen atoms in total. The highest BCUT2D eigenvalue weighted by Gasteiger charge is 2.13. The Balaban J connectivity index is 1.38. The van der Waals surface area contributed by atoms with Crippen LogP contribution in [0, 0.1) is 0 Å². The Hall–Kier alpha value is -2.67. The number of oxazole rings is 1. The number of benzene rings is 2. The van der Waals surface area contributed by atoms with Crippen molar-refractivity contribution in [3.05, 3.63) is 42.3 Å². The molecule has 1 amide bonds. The molecule has 1 aliphatic heterocycles. The van der Waals surface area contributed by atoms with Gasteiger partial charge in [0, 0.05) is 16.5 Å². The van der Waals surface area contributed by atoms with Gasteiger partial charge in [-0.05, 0) is 36.4 Å². The number of carbonyl (C=O) groups excluding carboxylic acids is 1. The van der Waals surface area contributed by atoms with Crippen LogP contribution < -0.4 is 14.8 Å². The Labute approximate surface area is 161 Å². The minimum atomic E-state index is -0.0817. The van der Waals surface area contributed by atoms with Gasteiger partial charge in [-0.25, -0.2) is 4.98 Å². The summed E-state index contributed by atoms with van der Waals surface area (Å²) in [7, 11) is 0. The van der Waals surface area contributed by atoms with Crippen LogP contribution in [0.3, 0.4) is 0 Å². The summed E-state index contributed by atoms with van der Waals surface area (Å²) in [6, 6.07) is 11.2. The van der Waals surface area contributed by atoms with Gasteiger partial charge in [-0.3, -0.25) is 4.79 Å². The highest BCUT2D eigenvalue weighted by atomic mass is 32.2. The molecule has 1 aliphatic rings. The first-order valence-electron chi connectivity index (χ1n) is 8.81. The van der Waals surface area contributed by atoms with E-state index >= 15 is 0 Å². The van der Waals surface area contributed by atoms with E-state index in [4.69, 9.17) is 13.9 Å². The SMILES string of the molecule is CC(C)c1nc2cc(NC(=O)CSc3ccc4c(c3)OCCO4)ccc2o1. The molecule has 0 unspecified atom stereocenters. The monoisotopic (exact) mass is 384 g/mol. The zero-order chi connectivity index (χ0) is 18.8. The van der Waals surface area contributed by atoms with Gasteiger partial charge in [0.25, 0.3) is 0 Å². The molecule has 0 bridgehead atoms. The van der Waals surface area contributed by atoms with Crippen LogP contribution in [0.2, 0.25) is 0 Å². The fraction of sp³-hybridized carbons (Fsp3) is 0.300. The molecule has 0 saturated heterocycles. The van der Waals surface area contributed by atoms with Gasteiger partial charge in [0.05, 0.1) is 5.75 Å². The lowest BCUT2D eigenvalue weighted by molar-refractivity contribution is -0.113. The second-order valence-electron chi connectivity index (χ2n) is 6.53. The summed E-state index contributed by atoms with van der Waals surface area (Å²) in [5.74, 6) is 2.61. The second kappa shape index (κ2) is 7.52. The summed E-state index contributed by atoms with van der Waals surface area (Å²) in [6.45, 7) is 5.17. The summed E-state index contributed by atoms with van der Waals surface area (Å²) in [6.07, 6.45) is 0. The molecule has 0 aliphatic carbocycles. The van der Waals surface area contributed by atoms with Gasteiger partial charge < -0.3 is 19.2 Å². The average Bonchev–Trinajstić information content (AvgIpc) is 3.10. The molecule has 3 aromatic rings. The molecular formula is C20H20N2O4S. The third kappa shape index (κ3) is 4.03. The number of nitrogens with one attached hydrogen (secondary N) is 1. The van der Waals surface area contributed by atoms with E-state index in [1.165, 1.54) is 11.8 Å². The molecule has 2 heterocycles. The third-order valence-electron chi connectivity index (χ3n) is 4.07. The number of aromatic nitrogens is 1. The van der Waals surface area contributed by atoms with Crippen LogP contribution in [0.15, 0.2) is 45.7 Å². The predicted molar refractivity (Wildman–Crippen MR) is 105 cm³/mol. The number of hydrogen-bond donors (Lipinski definition) is 1. The van der Waals surface area contributed by atoms with E-state index in [2.05, 4.69) is 10.3 Å². The van der Waals surface area contributed by atoms with E-state index in [0.717, 1.165) is 27.5 Å². The van der Waals surface area contributed by atoms with Crippen molar-refractivity contribution in [3.8, 4) is 11.5 Å². The van der Waals surface area contributed by atoms with Crippen LogP contribution in [0.4, 0.5) is 5.69 Å². The van der Waals surface area contributed by atoms with Gasteiger partial charge >= 0.3 is 0 Å². The molecule has 0 fully saturated rings. The van der Waals surface area contributed by atoms with Gasteiger partial charge in [-0.15, -0.1) is 11.8 Å². The van der Waals surface area contributed by atoms with Crippen LogP contribution in [-0.4, -0.2) is 29.9 Å². The lowest BCUT2D eigenvalue weighted by atomic mass is 10.2. The van der Waals surface area contributed by atoms with Crippen molar-refractivity contribution in [3.63, 3.8) is 0 Å². The Bertz CT molecular complexity index is 983. The van der Waals surface area contributed by atoms with E-state index < -0.39 is 0 Å². The number of ether oxygens (including phenoxy) is 2. The van der Waals surface area contributed by atoms with Crippen LogP contribution in [0.5, 0.6) is 11.5 Å². The first-order valence-corrected chi connectivity index (χ1v) is 9.80. The molecule has 0 saturated carbocycles. The Morgan fingerprint density at radius 3 is 2.78 bits per heavy atom. The number of hydrogen-bond acceptors (Lipinski definition) is 6. The van der Waals surface area contributed by atoms with Gasteiger partial charge in [0.2, 0.25) is 5.91 Å². The second-order valence-corrected chi connectivity index (χ2v) is 7.58. The Morgan fingerprint density at radius 1 is 1.15 bits per heavy atom. The van der Waals surface area contributed by atoms with E-state index in [9.17, 15) is 4.79 Å². The van der Waals surface area contributed by atoms with Crippen molar-refractivity contribution < 1.29 is 18.7 Å². The molecule has 4 rings (SSSR count). The normalized spacial score (nSPS) is 13.1. The van der Waals surface area contributed by atoms with Crippen molar-refractivity contribution in [2.75, 3.05) is 24.3 Å². The van der Waals surface area contributed by atoms with Gasteiger partial charge in [-0.1, -0.05) is 13.8 Å². The number of fused-ring (bicyclic) bond motifs is 2. The van der Waals surface area contributed by atoms with E-state index in [-0.39, 0.29) is 11.8 Å². The molecular weight excluding hydrogens is 364 g/mol. The lowest BCUT2D eigenvalue weighted by Crippen LogP contribution is -2.15. The van der Waals surface area contributed by atoms with Crippen molar-refractivity contribution in [2.24, 2.45) is 0 Å². The highest BCUT2D eigenvalue weighted by molar-refractivity contribution is 8.00. The molecule has 27 heavy (non-hydrogen) atoms. The fourth-order valence-electron chi connectivity index (χ4n) is 2.73. The lowest BCUT2D eigenvalue weighted by Gasteiger charge is -2.18. The maximum absolute atomic E-state index is 12.3. The molecule has 1 aromatic heterocycles. The van der Waals surface area contributed by atoms with E-state index in [1.807, 2.05) is 50.2 Å². The van der Waals surface area contributed by atoms with Crippen LogP contribution >= 0.6 is 11.8 Å². The number of rotatable bonds is 5. The zero-order valence-corrected chi connectivity index (χ0v) is 16.0. The number of amides is 1. The molecule has 0 radical (unpaired) electrons. The Morgan fingerprint density at radius 2 is 1.96 bits per heavy atom. The number of thioether (sulfide) groups is 1. The minimum absolute atomic E-state index is 0.0817. The van der Waals surface area contributed by atoms with Crippen molar-refractivity contribution in [1.82, 2.24) is 4.98 Å². The van der Waals surface area contributed by atoms with Crippen molar-refractivity contribution >= 4 is 34.5 Å². The van der Waals surface area contributed by atoms with E-state index in [1.54, 1.807) is 0 Å². The quantitative estimate of drug-likeness (QED) is 0.655. The number of nitrogens with zero attached hydrogens (tertiary/aromatic N) is 1. The standard InChI is InChI=1S/C20H20N2O4S/c1-12(2)20-22-15-9-13(3-5-16(15)26-20)21-19(23)11-27-14-4-6-17-18(10-14)25-8-7-24-17/h3-6,9-10,12H,7-8,11H2,1-2H3,(H,21,23). The summed E-state index contributed by atoms with van der Waals surface area (Å²) in [5.41, 5.74) is 2.18. The molecule has 0 atom stereocenters. The van der Waals surface area contributed by atoms with Crippen molar-refractivity contribution in [2.45, 2.75) is 24.7 Å². The summed E-state index contributed by atoms with van der Waals surface area (Å²) >= 11 is 1.45. The van der Waals surface area contributed by atoms with Gasteiger partial charge in [0.15, 0.2) is 23.0 Å². The molecule has 140 valence electrons. The van der Waals surface area contributed by atoms with Crippen molar-refractivity contribution in [1.29, 1.82) is 0 Å². The van der Waals surface area contributed by atoms with E-state index in [0.29, 0.717) is 30.5 Å². The van der Waals surface area contributed by atoms with Gasteiger partial charge in [0.1, 0.15) is 18.7 Å². The topological polar surface area (TPSA) is 73.6 Å². The summed E-state index contributed by atoms with van der Waals surface area (Å²) < 4.78 is 16.8. The highest BCUT2D eigenvalue weighted by Crippen LogP contribution is 2.34. The van der Waals surface area contributed by atoms with Gasteiger partial charge in [-0.2, -0.15) is 0 Å². The third-order valence-corrected chi connectivity index (χ3v) is 5.06. The number of anilines is 1. The first kappa shape index (κ1) is 17.7. The summed E-state index contributed by atoms with van der Waals surface area (Å²) in [4.78, 5) is 17.7. The molecule has 2 aromatic carbocycles. The Kier molecular flexibility index (Phi) is 4.94. The van der Waals surface area contributed by atoms with Crippen LogP contribution in [0.25, 0.3) is 11.1 Å². The average molecular weight is 384 g/mol.